The topological polar surface area (TPSA) is 34.1 Å². The van der Waals surface area contributed by atoms with E-state index in [1.165, 1.54) is 0 Å². The van der Waals surface area contributed by atoms with Crippen LogP contribution in [0.15, 0.2) is 27.6 Å². The SMILES string of the molecule is Cc1cc(Br)ccc1S(=O)(=O)CC1CC1. The molecular formula is C11H13BrO2S. The first kappa shape index (κ1) is 11.1. The van der Waals surface area contributed by atoms with Gasteiger partial charge in [0, 0.05) is 4.47 Å². The van der Waals surface area contributed by atoms with Gasteiger partial charge in [0.05, 0.1) is 10.6 Å². The van der Waals surface area contributed by atoms with Crippen LogP contribution in [0.5, 0.6) is 0 Å². The standard InChI is InChI=1S/C11H13BrO2S/c1-8-6-10(12)4-5-11(8)15(13,14)7-9-2-3-9/h4-6,9H,2-3,7H2,1H3. The maximum Gasteiger partial charge on any atom is 0.178 e. The molecule has 4 heteroatoms. The van der Waals surface area contributed by atoms with Gasteiger partial charge in [-0.25, -0.2) is 8.42 Å². The Labute approximate surface area is 98.7 Å². The zero-order chi connectivity index (χ0) is 11.1. The van der Waals surface area contributed by atoms with Crippen LogP contribution in [0, 0.1) is 12.8 Å². The lowest BCUT2D eigenvalue weighted by molar-refractivity contribution is 0.591. The van der Waals surface area contributed by atoms with E-state index < -0.39 is 9.84 Å². The zero-order valence-corrected chi connectivity index (χ0v) is 10.9. The molecule has 2 rings (SSSR count). The van der Waals surface area contributed by atoms with E-state index in [4.69, 9.17) is 0 Å². The summed E-state index contributed by atoms with van der Waals surface area (Å²) in [6.07, 6.45) is 2.13. The van der Waals surface area contributed by atoms with E-state index >= 15 is 0 Å². The van der Waals surface area contributed by atoms with Crippen LogP contribution in [0.4, 0.5) is 0 Å². The molecule has 1 fully saturated rings. The van der Waals surface area contributed by atoms with Gasteiger partial charge in [0.2, 0.25) is 0 Å². The molecular weight excluding hydrogens is 276 g/mol. The summed E-state index contributed by atoms with van der Waals surface area (Å²) in [5.74, 6) is 0.716. The maximum atomic E-state index is 12.0. The van der Waals surface area contributed by atoms with Gasteiger partial charge in [0.15, 0.2) is 9.84 Å². The highest BCUT2D eigenvalue weighted by atomic mass is 79.9. The number of sulfone groups is 1. The highest BCUT2D eigenvalue weighted by Crippen LogP contribution is 2.33. The Morgan fingerprint density at radius 2 is 2.07 bits per heavy atom. The lowest BCUT2D eigenvalue weighted by atomic mass is 10.2. The largest absolute Gasteiger partial charge is 0.224 e. The van der Waals surface area contributed by atoms with E-state index in [0.717, 1.165) is 22.9 Å². The van der Waals surface area contributed by atoms with Crippen molar-refractivity contribution in [2.45, 2.75) is 24.7 Å². The predicted molar refractivity (Wildman–Crippen MR) is 63.7 cm³/mol. The summed E-state index contributed by atoms with van der Waals surface area (Å²) in [4.78, 5) is 0.484. The van der Waals surface area contributed by atoms with Crippen LogP contribution < -0.4 is 0 Å². The summed E-state index contributed by atoms with van der Waals surface area (Å²) in [5, 5.41) is 0. The summed E-state index contributed by atoms with van der Waals surface area (Å²) >= 11 is 3.33. The van der Waals surface area contributed by atoms with Gasteiger partial charge in [0.25, 0.3) is 0 Å². The van der Waals surface area contributed by atoms with Gasteiger partial charge in [-0.15, -0.1) is 0 Å². The van der Waals surface area contributed by atoms with Crippen LogP contribution in [0.2, 0.25) is 0 Å². The van der Waals surface area contributed by atoms with Crippen LogP contribution in [0.25, 0.3) is 0 Å². The summed E-state index contributed by atoms with van der Waals surface area (Å²) in [5.41, 5.74) is 0.824. The van der Waals surface area contributed by atoms with E-state index in [2.05, 4.69) is 15.9 Å². The summed E-state index contributed by atoms with van der Waals surface area (Å²) in [6, 6.07) is 5.32. The van der Waals surface area contributed by atoms with Gasteiger partial charge >= 0.3 is 0 Å². The summed E-state index contributed by atoms with van der Waals surface area (Å²) in [6.45, 7) is 1.84. The first-order chi connectivity index (χ1) is 6.99. The Bertz CT molecular complexity index is 475. The first-order valence-electron chi connectivity index (χ1n) is 4.98. The molecule has 1 saturated carbocycles. The third kappa shape index (κ3) is 2.61. The van der Waals surface area contributed by atoms with Crippen LogP contribution in [0.1, 0.15) is 18.4 Å². The normalized spacial score (nSPS) is 16.7. The molecule has 0 bridgehead atoms. The van der Waals surface area contributed by atoms with Crippen LogP contribution in [-0.4, -0.2) is 14.2 Å². The quantitative estimate of drug-likeness (QED) is 0.857. The fourth-order valence-corrected chi connectivity index (χ4v) is 4.08. The second-order valence-electron chi connectivity index (χ2n) is 4.13. The second-order valence-corrected chi connectivity index (χ2v) is 7.05. The Morgan fingerprint density at radius 1 is 1.40 bits per heavy atom. The fourth-order valence-electron chi connectivity index (χ4n) is 1.65. The predicted octanol–water partition coefficient (Wildman–Crippen LogP) is 2.94. The van der Waals surface area contributed by atoms with Crippen molar-refractivity contribution in [3.05, 3.63) is 28.2 Å². The van der Waals surface area contributed by atoms with E-state index in [-0.39, 0.29) is 0 Å². The van der Waals surface area contributed by atoms with Crippen molar-refractivity contribution in [2.75, 3.05) is 5.75 Å². The third-order valence-corrected chi connectivity index (χ3v) is 5.16. The number of halogens is 1. The molecule has 15 heavy (non-hydrogen) atoms. The monoisotopic (exact) mass is 288 g/mol. The maximum absolute atomic E-state index is 12.0. The first-order valence-corrected chi connectivity index (χ1v) is 7.42. The molecule has 1 aromatic rings. The van der Waals surface area contributed by atoms with Crippen LogP contribution in [0.3, 0.4) is 0 Å². The van der Waals surface area contributed by atoms with Crippen LogP contribution >= 0.6 is 15.9 Å². The minimum Gasteiger partial charge on any atom is -0.224 e. The Hall–Kier alpha value is -0.350. The fraction of sp³-hybridized carbons (Fsp3) is 0.455. The van der Waals surface area contributed by atoms with Gasteiger partial charge in [-0.05, 0) is 49.4 Å². The molecule has 0 aliphatic heterocycles. The summed E-state index contributed by atoms with van der Waals surface area (Å²) in [7, 11) is -3.07. The Morgan fingerprint density at radius 3 is 2.60 bits per heavy atom. The minimum atomic E-state index is -3.07. The molecule has 0 N–H and O–H groups in total. The molecule has 0 saturated heterocycles. The lowest BCUT2D eigenvalue weighted by Gasteiger charge is -2.07. The zero-order valence-electron chi connectivity index (χ0n) is 8.53. The highest BCUT2D eigenvalue weighted by Gasteiger charge is 2.29. The minimum absolute atomic E-state index is 0.315. The molecule has 0 radical (unpaired) electrons. The van der Waals surface area contributed by atoms with Crippen molar-refractivity contribution in [3.8, 4) is 0 Å². The molecule has 82 valence electrons. The second kappa shape index (κ2) is 3.91. The number of aryl methyl sites for hydroxylation is 1. The van der Waals surface area contributed by atoms with Gasteiger partial charge in [-0.1, -0.05) is 15.9 Å². The van der Waals surface area contributed by atoms with Gasteiger partial charge in [0.1, 0.15) is 0 Å². The van der Waals surface area contributed by atoms with Gasteiger partial charge in [-0.2, -0.15) is 0 Å². The molecule has 0 unspecified atom stereocenters. The van der Waals surface area contributed by atoms with E-state index in [9.17, 15) is 8.42 Å². The highest BCUT2D eigenvalue weighted by molar-refractivity contribution is 9.10. The molecule has 0 amide bonds. The number of benzene rings is 1. The van der Waals surface area contributed by atoms with Crippen molar-refractivity contribution < 1.29 is 8.42 Å². The number of hydrogen-bond donors (Lipinski definition) is 0. The van der Waals surface area contributed by atoms with Gasteiger partial charge < -0.3 is 0 Å². The molecule has 1 aromatic carbocycles. The van der Waals surface area contributed by atoms with Crippen molar-refractivity contribution in [1.29, 1.82) is 0 Å². The number of rotatable bonds is 3. The lowest BCUT2D eigenvalue weighted by Crippen LogP contribution is -2.09. The number of hydrogen-bond acceptors (Lipinski definition) is 2. The third-order valence-electron chi connectivity index (χ3n) is 2.62. The van der Waals surface area contributed by atoms with Crippen molar-refractivity contribution in [2.24, 2.45) is 5.92 Å². The van der Waals surface area contributed by atoms with Crippen molar-refractivity contribution in [3.63, 3.8) is 0 Å². The van der Waals surface area contributed by atoms with E-state index in [1.807, 2.05) is 13.0 Å². The smallest absolute Gasteiger partial charge is 0.178 e. The van der Waals surface area contributed by atoms with Crippen molar-refractivity contribution in [1.82, 2.24) is 0 Å². The van der Waals surface area contributed by atoms with E-state index in [0.29, 0.717) is 16.6 Å². The van der Waals surface area contributed by atoms with Gasteiger partial charge in [-0.3, -0.25) is 0 Å². The average molecular weight is 289 g/mol. The van der Waals surface area contributed by atoms with Crippen molar-refractivity contribution >= 4 is 25.8 Å². The average Bonchev–Trinajstić information content (AvgIpc) is 2.86. The van der Waals surface area contributed by atoms with Crippen LogP contribution in [-0.2, 0) is 9.84 Å². The molecule has 0 aromatic heterocycles. The molecule has 0 atom stereocenters. The van der Waals surface area contributed by atoms with E-state index in [1.54, 1.807) is 12.1 Å². The summed E-state index contributed by atoms with van der Waals surface area (Å²) < 4.78 is 24.9. The molecule has 0 spiro atoms. The molecule has 0 heterocycles. The molecule has 2 nitrogen and oxygen atoms in total. The Balaban J connectivity index is 2.34. The molecule has 1 aliphatic carbocycles. The Kier molecular flexibility index (Phi) is 2.90. The molecule has 1 aliphatic rings.